The van der Waals surface area contributed by atoms with E-state index in [0.29, 0.717) is 5.56 Å². The van der Waals surface area contributed by atoms with Crippen LogP contribution >= 0.6 is 15.9 Å². The van der Waals surface area contributed by atoms with Gasteiger partial charge in [-0.25, -0.2) is 0 Å². The van der Waals surface area contributed by atoms with Gasteiger partial charge in [0.05, 0.1) is 0 Å². The Bertz CT molecular complexity index is 620. The number of carbonyl (C=O) groups is 1. The number of nitrogens with one attached hydrogen (secondary N) is 1. The zero-order chi connectivity index (χ0) is 13.8. The van der Waals surface area contributed by atoms with E-state index in [9.17, 15) is 4.79 Å². The van der Waals surface area contributed by atoms with Crippen molar-refractivity contribution in [1.82, 2.24) is 0 Å². The fourth-order valence-electron chi connectivity index (χ4n) is 1.76. The molecule has 3 heteroatoms. The van der Waals surface area contributed by atoms with Gasteiger partial charge in [0.15, 0.2) is 0 Å². The smallest absolute Gasteiger partial charge is 0.255 e. The van der Waals surface area contributed by atoms with E-state index in [0.717, 1.165) is 21.3 Å². The second kappa shape index (κ2) is 5.85. The molecule has 0 fully saturated rings. The van der Waals surface area contributed by atoms with Crippen LogP contribution < -0.4 is 5.32 Å². The largest absolute Gasteiger partial charge is 0.321 e. The van der Waals surface area contributed by atoms with Crippen molar-refractivity contribution in [2.75, 3.05) is 5.32 Å². The highest BCUT2D eigenvalue weighted by Crippen LogP contribution is 2.26. The molecular formula is C16H14BrNO. The summed E-state index contributed by atoms with van der Waals surface area (Å²) >= 11 is 3.42. The summed E-state index contributed by atoms with van der Waals surface area (Å²) in [6.45, 7) is 5.85. The maximum atomic E-state index is 12.1. The summed E-state index contributed by atoms with van der Waals surface area (Å²) in [5.41, 5.74) is 3.24. The molecule has 0 spiro atoms. The molecule has 0 aliphatic carbocycles. The molecule has 0 unspecified atom stereocenters. The van der Waals surface area contributed by atoms with Gasteiger partial charge in [0, 0.05) is 21.3 Å². The lowest BCUT2D eigenvalue weighted by Gasteiger charge is -2.11. The number of carbonyl (C=O) groups excluding carboxylic acids is 1. The molecule has 0 saturated carbocycles. The molecular weight excluding hydrogens is 302 g/mol. The van der Waals surface area contributed by atoms with Gasteiger partial charge in [-0.3, -0.25) is 4.79 Å². The molecule has 2 rings (SSSR count). The zero-order valence-corrected chi connectivity index (χ0v) is 12.2. The minimum atomic E-state index is -0.120. The number of hydrogen-bond donors (Lipinski definition) is 1. The van der Waals surface area contributed by atoms with Gasteiger partial charge in [-0.15, -0.1) is 0 Å². The van der Waals surface area contributed by atoms with E-state index >= 15 is 0 Å². The Hall–Kier alpha value is -1.87. The maximum absolute atomic E-state index is 12.1. The molecule has 1 N–H and O–H groups in total. The molecule has 0 heterocycles. The molecule has 0 atom stereocenters. The molecule has 0 aliphatic heterocycles. The number of anilines is 1. The Kier molecular flexibility index (Phi) is 4.17. The molecule has 0 aliphatic rings. The summed E-state index contributed by atoms with van der Waals surface area (Å²) in [6.07, 6.45) is 0. The van der Waals surface area contributed by atoms with E-state index in [1.807, 2.05) is 43.3 Å². The first-order chi connectivity index (χ1) is 9.08. The van der Waals surface area contributed by atoms with Crippen LogP contribution in [0.3, 0.4) is 0 Å². The number of rotatable bonds is 3. The number of benzene rings is 2. The van der Waals surface area contributed by atoms with Gasteiger partial charge in [-0.05, 0) is 42.8 Å². The van der Waals surface area contributed by atoms with Gasteiger partial charge in [-0.1, -0.05) is 40.7 Å². The molecule has 0 saturated heterocycles. The van der Waals surface area contributed by atoms with Crippen molar-refractivity contribution in [3.05, 3.63) is 70.7 Å². The van der Waals surface area contributed by atoms with E-state index in [1.165, 1.54) is 0 Å². The molecule has 0 bridgehead atoms. The second-order valence-electron chi connectivity index (χ2n) is 4.29. The summed E-state index contributed by atoms with van der Waals surface area (Å²) in [4.78, 5) is 12.1. The molecule has 2 aromatic rings. The summed E-state index contributed by atoms with van der Waals surface area (Å²) < 4.78 is 0.961. The number of hydrogen-bond acceptors (Lipinski definition) is 1. The van der Waals surface area contributed by atoms with Crippen LogP contribution in [-0.2, 0) is 0 Å². The third-order valence-corrected chi connectivity index (χ3v) is 3.22. The van der Waals surface area contributed by atoms with Crippen molar-refractivity contribution >= 4 is 33.1 Å². The van der Waals surface area contributed by atoms with Crippen molar-refractivity contribution in [2.24, 2.45) is 0 Å². The monoisotopic (exact) mass is 315 g/mol. The Labute approximate surface area is 121 Å². The fourth-order valence-corrected chi connectivity index (χ4v) is 2.12. The quantitative estimate of drug-likeness (QED) is 0.871. The first kappa shape index (κ1) is 13.6. The topological polar surface area (TPSA) is 29.1 Å². The van der Waals surface area contributed by atoms with Gasteiger partial charge in [0.25, 0.3) is 5.91 Å². The summed E-state index contributed by atoms with van der Waals surface area (Å²) in [7, 11) is 0. The Morgan fingerprint density at radius 2 is 1.84 bits per heavy atom. The lowest BCUT2D eigenvalue weighted by Crippen LogP contribution is -2.12. The predicted molar refractivity (Wildman–Crippen MR) is 83.2 cm³/mol. The van der Waals surface area contributed by atoms with Crippen molar-refractivity contribution in [2.45, 2.75) is 6.92 Å². The van der Waals surface area contributed by atoms with E-state index < -0.39 is 0 Å². The molecule has 2 aromatic carbocycles. The number of amides is 1. The normalized spacial score (nSPS) is 10.0. The predicted octanol–water partition coefficient (Wildman–Crippen LogP) is 4.73. The maximum Gasteiger partial charge on any atom is 0.255 e. The molecule has 0 aromatic heterocycles. The van der Waals surface area contributed by atoms with Crippen LogP contribution in [0, 0.1) is 0 Å². The highest BCUT2D eigenvalue weighted by Gasteiger charge is 2.09. The standard InChI is InChI=1S/C16H14BrNO/c1-11(2)14-10-13(17)8-9-15(14)18-16(19)12-6-4-3-5-7-12/h3-10H,1H2,2H3,(H,18,19). The zero-order valence-electron chi connectivity index (χ0n) is 10.6. The van der Waals surface area contributed by atoms with Gasteiger partial charge in [-0.2, -0.15) is 0 Å². The number of allylic oxidation sites excluding steroid dienone is 1. The second-order valence-corrected chi connectivity index (χ2v) is 5.21. The Morgan fingerprint density at radius 3 is 2.47 bits per heavy atom. The van der Waals surface area contributed by atoms with Crippen LogP contribution in [0.15, 0.2) is 59.6 Å². The fraction of sp³-hybridized carbons (Fsp3) is 0.0625. The van der Waals surface area contributed by atoms with Crippen molar-refractivity contribution in [3.63, 3.8) is 0 Å². The third-order valence-electron chi connectivity index (χ3n) is 2.73. The molecule has 2 nitrogen and oxygen atoms in total. The molecule has 96 valence electrons. The van der Waals surface area contributed by atoms with Gasteiger partial charge >= 0.3 is 0 Å². The highest BCUT2D eigenvalue weighted by molar-refractivity contribution is 9.10. The van der Waals surface area contributed by atoms with E-state index in [-0.39, 0.29) is 5.91 Å². The molecule has 1 amide bonds. The minimum Gasteiger partial charge on any atom is -0.321 e. The van der Waals surface area contributed by atoms with E-state index in [2.05, 4.69) is 27.8 Å². The van der Waals surface area contributed by atoms with Crippen LogP contribution in [0.2, 0.25) is 0 Å². The van der Waals surface area contributed by atoms with Crippen LogP contribution in [0.4, 0.5) is 5.69 Å². The number of halogens is 1. The summed E-state index contributed by atoms with van der Waals surface area (Å²) in [5, 5.41) is 2.91. The van der Waals surface area contributed by atoms with E-state index in [1.54, 1.807) is 12.1 Å². The third kappa shape index (κ3) is 3.32. The highest BCUT2D eigenvalue weighted by atomic mass is 79.9. The first-order valence-corrected chi connectivity index (χ1v) is 6.69. The van der Waals surface area contributed by atoms with E-state index in [4.69, 9.17) is 0 Å². The van der Waals surface area contributed by atoms with Crippen LogP contribution in [0.25, 0.3) is 5.57 Å². The molecule has 19 heavy (non-hydrogen) atoms. The SMILES string of the molecule is C=C(C)c1cc(Br)ccc1NC(=O)c1ccccc1. The first-order valence-electron chi connectivity index (χ1n) is 5.90. The summed E-state index contributed by atoms with van der Waals surface area (Å²) in [5.74, 6) is -0.120. The summed E-state index contributed by atoms with van der Waals surface area (Å²) in [6, 6.07) is 14.9. The van der Waals surface area contributed by atoms with Gasteiger partial charge < -0.3 is 5.32 Å². The lowest BCUT2D eigenvalue weighted by molar-refractivity contribution is 0.102. The van der Waals surface area contributed by atoms with Crippen molar-refractivity contribution in [1.29, 1.82) is 0 Å². The minimum absolute atomic E-state index is 0.120. The Balaban J connectivity index is 2.29. The average molecular weight is 316 g/mol. The molecule has 0 radical (unpaired) electrons. The average Bonchev–Trinajstić information content (AvgIpc) is 2.41. The van der Waals surface area contributed by atoms with Gasteiger partial charge in [0.1, 0.15) is 0 Å². The van der Waals surface area contributed by atoms with Crippen LogP contribution in [0.1, 0.15) is 22.8 Å². The van der Waals surface area contributed by atoms with Crippen molar-refractivity contribution in [3.8, 4) is 0 Å². The van der Waals surface area contributed by atoms with Crippen LogP contribution in [0.5, 0.6) is 0 Å². The van der Waals surface area contributed by atoms with Gasteiger partial charge in [0.2, 0.25) is 0 Å². The van der Waals surface area contributed by atoms with Crippen LogP contribution in [-0.4, -0.2) is 5.91 Å². The lowest BCUT2D eigenvalue weighted by atomic mass is 10.1. The Morgan fingerprint density at radius 1 is 1.16 bits per heavy atom. The van der Waals surface area contributed by atoms with Crippen molar-refractivity contribution < 1.29 is 4.79 Å².